The van der Waals surface area contributed by atoms with Gasteiger partial charge in [-0.25, -0.2) is 0 Å². The van der Waals surface area contributed by atoms with Crippen molar-refractivity contribution in [3.05, 3.63) is 6.42 Å². The summed E-state index contributed by atoms with van der Waals surface area (Å²) >= 11 is 0. The Bertz CT molecular complexity index is 144. The van der Waals surface area contributed by atoms with Gasteiger partial charge < -0.3 is 5.32 Å². The van der Waals surface area contributed by atoms with E-state index in [1.807, 2.05) is 0 Å². The Kier molecular flexibility index (Phi) is 9.78. The van der Waals surface area contributed by atoms with E-state index in [-0.39, 0.29) is 0 Å². The van der Waals surface area contributed by atoms with Crippen LogP contribution < -0.4 is 5.32 Å². The predicted octanol–water partition coefficient (Wildman–Crippen LogP) is 4.72. The van der Waals surface area contributed by atoms with Crippen molar-refractivity contribution in [3.63, 3.8) is 0 Å². The fourth-order valence-corrected chi connectivity index (χ4v) is 2.81. The molecule has 101 valence electrons. The topological polar surface area (TPSA) is 12.0 Å². The lowest BCUT2D eigenvalue weighted by atomic mass is 9.90. The normalized spacial score (nSPS) is 21.7. The molecule has 0 saturated heterocycles. The standard InChI is InChI=1S/C16H32N/c1-2-17-15-14-16-12-10-8-6-4-3-5-7-9-11-13-16/h12,16-17H,2-11,13-15H2,1H3. The van der Waals surface area contributed by atoms with Gasteiger partial charge in [0.15, 0.2) is 0 Å². The van der Waals surface area contributed by atoms with Crippen LogP contribution in [0.3, 0.4) is 0 Å². The van der Waals surface area contributed by atoms with Crippen molar-refractivity contribution < 1.29 is 0 Å². The Balaban J connectivity index is 2.17. The van der Waals surface area contributed by atoms with Gasteiger partial charge in [-0.05, 0) is 38.3 Å². The Labute approximate surface area is 109 Å². The maximum absolute atomic E-state index is 3.46. The lowest BCUT2D eigenvalue weighted by Crippen LogP contribution is -2.18. The summed E-state index contributed by atoms with van der Waals surface area (Å²) in [6.07, 6.45) is 18.5. The van der Waals surface area contributed by atoms with E-state index < -0.39 is 0 Å². The van der Waals surface area contributed by atoms with Gasteiger partial charge in [-0.15, -0.1) is 0 Å². The van der Waals surface area contributed by atoms with Gasteiger partial charge in [0.1, 0.15) is 0 Å². The SMILES string of the molecule is CCNCCC1[CH]CCCCCCCCCC1. The highest BCUT2D eigenvalue weighted by Crippen LogP contribution is 2.22. The van der Waals surface area contributed by atoms with E-state index in [1.54, 1.807) is 0 Å². The molecular formula is C16H32N. The van der Waals surface area contributed by atoms with Gasteiger partial charge in [-0.1, -0.05) is 64.7 Å². The van der Waals surface area contributed by atoms with Crippen molar-refractivity contribution in [2.24, 2.45) is 5.92 Å². The zero-order valence-corrected chi connectivity index (χ0v) is 11.8. The summed E-state index contributed by atoms with van der Waals surface area (Å²) in [7, 11) is 0. The molecule has 1 aliphatic carbocycles. The van der Waals surface area contributed by atoms with Crippen LogP contribution >= 0.6 is 0 Å². The summed E-state index contributed by atoms with van der Waals surface area (Å²) < 4.78 is 0. The quantitative estimate of drug-likeness (QED) is 0.699. The van der Waals surface area contributed by atoms with Gasteiger partial charge in [0.2, 0.25) is 0 Å². The highest BCUT2D eigenvalue weighted by molar-refractivity contribution is 4.77. The second kappa shape index (κ2) is 11.1. The third-order valence-electron chi connectivity index (χ3n) is 3.97. The highest BCUT2D eigenvalue weighted by atomic mass is 14.8. The Morgan fingerprint density at radius 2 is 1.59 bits per heavy atom. The molecule has 17 heavy (non-hydrogen) atoms. The largest absolute Gasteiger partial charge is 0.317 e. The van der Waals surface area contributed by atoms with Gasteiger partial charge in [-0.2, -0.15) is 0 Å². The van der Waals surface area contributed by atoms with Crippen molar-refractivity contribution in [3.8, 4) is 0 Å². The van der Waals surface area contributed by atoms with Gasteiger partial charge in [0.25, 0.3) is 0 Å². The van der Waals surface area contributed by atoms with Crippen LogP contribution in [0.15, 0.2) is 0 Å². The van der Waals surface area contributed by atoms with Crippen molar-refractivity contribution in [1.82, 2.24) is 5.32 Å². The van der Waals surface area contributed by atoms with Crippen molar-refractivity contribution in [2.45, 2.75) is 77.6 Å². The second-order valence-electron chi connectivity index (χ2n) is 5.54. The van der Waals surface area contributed by atoms with Crippen LogP contribution in [0.25, 0.3) is 0 Å². The molecule has 0 spiro atoms. The molecule has 1 unspecified atom stereocenters. The van der Waals surface area contributed by atoms with Crippen LogP contribution in [0.1, 0.15) is 77.6 Å². The van der Waals surface area contributed by atoms with E-state index in [2.05, 4.69) is 18.7 Å². The minimum Gasteiger partial charge on any atom is -0.317 e. The summed E-state index contributed by atoms with van der Waals surface area (Å²) in [6, 6.07) is 0. The van der Waals surface area contributed by atoms with E-state index in [0.717, 1.165) is 12.5 Å². The predicted molar refractivity (Wildman–Crippen MR) is 77.1 cm³/mol. The third kappa shape index (κ3) is 8.65. The molecule has 0 heterocycles. The maximum atomic E-state index is 3.46. The minimum atomic E-state index is 0.883. The molecular weight excluding hydrogens is 206 g/mol. The maximum Gasteiger partial charge on any atom is -0.00463 e. The summed E-state index contributed by atoms with van der Waals surface area (Å²) in [5, 5.41) is 3.46. The molecule has 0 aromatic rings. The van der Waals surface area contributed by atoms with Crippen LogP contribution in [0, 0.1) is 12.3 Å². The van der Waals surface area contributed by atoms with E-state index in [9.17, 15) is 0 Å². The molecule has 0 bridgehead atoms. The molecule has 0 amide bonds. The summed E-state index contributed by atoms with van der Waals surface area (Å²) in [4.78, 5) is 0. The summed E-state index contributed by atoms with van der Waals surface area (Å²) in [5.41, 5.74) is 0. The van der Waals surface area contributed by atoms with Crippen molar-refractivity contribution in [1.29, 1.82) is 0 Å². The smallest absolute Gasteiger partial charge is 0.00463 e. The second-order valence-corrected chi connectivity index (χ2v) is 5.54. The molecule has 1 fully saturated rings. The van der Waals surface area contributed by atoms with E-state index in [0.29, 0.717) is 0 Å². The lowest BCUT2D eigenvalue weighted by Gasteiger charge is -2.17. The fourth-order valence-electron chi connectivity index (χ4n) is 2.81. The Morgan fingerprint density at radius 1 is 0.941 bits per heavy atom. The first-order valence-electron chi connectivity index (χ1n) is 7.97. The Morgan fingerprint density at radius 3 is 2.29 bits per heavy atom. The average Bonchev–Trinajstić information content (AvgIpc) is 2.32. The molecule has 1 atom stereocenters. The Hall–Kier alpha value is -0.0400. The van der Waals surface area contributed by atoms with Gasteiger partial charge in [-0.3, -0.25) is 0 Å². The molecule has 1 N–H and O–H groups in total. The number of hydrogen-bond donors (Lipinski definition) is 1. The number of nitrogens with one attached hydrogen (secondary N) is 1. The number of hydrogen-bond acceptors (Lipinski definition) is 1. The van der Waals surface area contributed by atoms with Gasteiger partial charge in [0.05, 0.1) is 0 Å². The van der Waals surface area contributed by atoms with E-state index in [1.165, 1.54) is 77.2 Å². The summed E-state index contributed by atoms with van der Waals surface area (Å²) in [5.74, 6) is 0.883. The van der Waals surface area contributed by atoms with Crippen LogP contribution in [-0.2, 0) is 0 Å². The zero-order valence-electron chi connectivity index (χ0n) is 11.8. The highest BCUT2D eigenvalue weighted by Gasteiger charge is 2.09. The van der Waals surface area contributed by atoms with Crippen LogP contribution in [-0.4, -0.2) is 13.1 Å². The van der Waals surface area contributed by atoms with Gasteiger partial charge >= 0.3 is 0 Å². The summed E-state index contributed by atoms with van der Waals surface area (Å²) in [6.45, 7) is 4.52. The first kappa shape index (κ1) is 15.0. The van der Waals surface area contributed by atoms with Crippen molar-refractivity contribution in [2.75, 3.05) is 13.1 Å². The molecule has 0 aromatic carbocycles. The number of rotatable bonds is 4. The molecule has 1 nitrogen and oxygen atoms in total. The van der Waals surface area contributed by atoms with Crippen LogP contribution in [0.2, 0.25) is 0 Å². The first-order chi connectivity index (χ1) is 8.43. The molecule has 1 heteroatoms. The minimum absolute atomic E-state index is 0.883. The average molecular weight is 238 g/mol. The van der Waals surface area contributed by atoms with Gasteiger partial charge in [0, 0.05) is 0 Å². The molecule has 1 rings (SSSR count). The van der Waals surface area contributed by atoms with Crippen LogP contribution in [0.4, 0.5) is 0 Å². The molecule has 0 aliphatic heterocycles. The van der Waals surface area contributed by atoms with Crippen LogP contribution in [0.5, 0.6) is 0 Å². The molecule has 1 saturated carbocycles. The van der Waals surface area contributed by atoms with E-state index >= 15 is 0 Å². The molecule has 1 radical (unpaired) electrons. The monoisotopic (exact) mass is 238 g/mol. The third-order valence-corrected chi connectivity index (χ3v) is 3.97. The van der Waals surface area contributed by atoms with Crippen molar-refractivity contribution >= 4 is 0 Å². The zero-order chi connectivity index (χ0) is 12.2. The fraction of sp³-hybridized carbons (Fsp3) is 0.938. The molecule has 0 aromatic heterocycles. The lowest BCUT2D eigenvalue weighted by molar-refractivity contribution is 0.434. The van der Waals surface area contributed by atoms with E-state index in [4.69, 9.17) is 0 Å². The molecule has 1 aliphatic rings. The first-order valence-corrected chi connectivity index (χ1v) is 7.97.